The maximum Gasteiger partial charge on any atom is 0.218 e. The summed E-state index contributed by atoms with van der Waals surface area (Å²) in [5.74, 6) is 0.169. The molecule has 1 aliphatic carbocycles. The summed E-state index contributed by atoms with van der Waals surface area (Å²) in [7, 11) is -3.26. The highest BCUT2D eigenvalue weighted by Gasteiger charge is 2.58. The Labute approximate surface area is 107 Å². The van der Waals surface area contributed by atoms with Crippen LogP contribution in [0.5, 0.6) is 0 Å². The van der Waals surface area contributed by atoms with Crippen molar-refractivity contribution >= 4 is 10.0 Å². The van der Waals surface area contributed by atoms with Crippen LogP contribution in [0.4, 0.5) is 4.39 Å². The van der Waals surface area contributed by atoms with E-state index in [0.717, 1.165) is 6.42 Å². The topological polar surface area (TPSA) is 37.4 Å². The van der Waals surface area contributed by atoms with Gasteiger partial charge in [-0.2, -0.15) is 0 Å². The first-order valence-corrected chi connectivity index (χ1v) is 7.72. The molecule has 0 N–H and O–H groups in total. The Morgan fingerprint density at radius 2 is 2.06 bits per heavy atom. The summed E-state index contributed by atoms with van der Waals surface area (Å²) in [5.41, 5.74) is 0.859. The van der Waals surface area contributed by atoms with Crippen LogP contribution in [-0.2, 0) is 15.8 Å². The largest absolute Gasteiger partial charge is 0.218 e. The summed E-state index contributed by atoms with van der Waals surface area (Å²) in [6, 6.07) is 5.66. The Kier molecular flexibility index (Phi) is 2.54. The van der Waals surface area contributed by atoms with Gasteiger partial charge in [-0.25, -0.2) is 17.1 Å². The fraction of sp³-hybridized carbons (Fsp3) is 0.538. The predicted octanol–water partition coefficient (Wildman–Crippen LogP) is 2.00. The van der Waals surface area contributed by atoms with E-state index >= 15 is 0 Å². The summed E-state index contributed by atoms with van der Waals surface area (Å²) in [6.07, 6.45) is 1.15. The number of nitrogens with zero attached hydrogens (tertiary/aromatic N) is 1. The van der Waals surface area contributed by atoms with E-state index < -0.39 is 10.0 Å². The van der Waals surface area contributed by atoms with Gasteiger partial charge >= 0.3 is 0 Å². The van der Waals surface area contributed by atoms with Gasteiger partial charge in [0, 0.05) is 13.1 Å². The van der Waals surface area contributed by atoms with Crippen LogP contribution in [0.2, 0.25) is 0 Å². The van der Waals surface area contributed by atoms with Crippen molar-refractivity contribution in [3.05, 3.63) is 35.6 Å². The second kappa shape index (κ2) is 3.78. The highest BCUT2D eigenvalue weighted by molar-refractivity contribution is 7.88. The second-order valence-corrected chi connectivity index (χ2v) is 7.70. The molecule has 3 nitrogen and oxygen atoms in total. The number of rotatable bonds is 3. The number of hydrogen-bond acceptors (Lipinski definition) is 2. The molecule has 98 valence electrons. The first kappa shape index (κ1) is 12.1. The maximum atomic E-state index is 12.8. The van der Waals surface area contributed by atoms with E-state index in [-0.39, 0.29) is 17.0 Å². The average Bonchev–Trinajstić information content (AvgIpc) is 2.80. The minimum atomic E-state index is -3.26. The zero-order valence-corrected chi connectivity index (χ0v) is 11.1. The quantitative estimate of drug-likeness (QED) is 0.841. The Hall–Kier alpha value is -0.940. The summed E-state index contributed by atoms with van der Waals surface area (Å²) < 4.78 is 38.8. The van der Waals surface area contributed by atoms with Crippen LogP contribution in [0, 0.1) is 17.2 Å². The zero-order valence-electron chi connectivity index (χ0n) is 10.3. The van der Waals surface area contributed by atoms with E-state index in [9.17, 15) is 12.8 Å². The van der Waals surface area contributed by atoms with Gasteiger partial charge in [-0.05, 0) is 35.4 Å². The minimum absolute atomic E-state index is 0.0317. The van der Waals surface area contributed by atoms with Crippen molar-refractivity contribution in [2.45, 2.75) is 19.1 Å². The summed E-state index contributed by atoms with van der Waals surface area (Å²) in [5, 5.41) is 0. The van der Waals surface area contributed by atoms with E-state index in [2.05, 4.69) is 6.92 Å². The fourth-order valence-electron chi connectivity index (χ4n) is 2.79. The van der Waals surface area contributed by atoms with Gasteiger partial charge in [0.25, 0.3) is 0 Å². The lowest BCUT2D eigenvalue weighted by Gasteiger charge is -2.19. The SMILES string of the molecule is CC12CC1CN(S(=O)(=O)Cc1ccc(F)cc1)C2. The number of fused-ring (bicyclic) bond motifs is 1. The van der Waals surface area contributed by atoms with E-state index in [4.69, 9.17) is 0 Å². The van der Waals surface area contributed by atoms with Crippen molar-refractivity contribution in [2.24, 2.45) is 11.3 Å². The molecule has 2 atom stereocenters. The Morgan fingerprint density at radius 1 is 1.39 bits per heavy atom. The minimum Gasteiger partial charge on any atom is -0.212 e. The molecule has 1 heterocycles. The molecule has 2 fully saturated rings. The van der Waals surface area contributed by atoms with E-state index in [1.54, 1.807) is 4.31 Å². The lowest BCUT2D eigenvalue weighted by molar-refractivity contribution is 0.414. The maximum absolute atomic E-state index is 12.8. The van der Waals surface area contributed by atoms with E-state index in [1.807, 2.05) is 0 Å². The smallest absolute Gasteiger partial charge is 0.212 e. The normalized spacial score (nSPS) is 31.3. The van der Waals surface area contributed by atoms with Gasteiger partial charge in [0.15, 0.2) is 0 Å². The Morgan fingerprint density at radius 3 is 2.61 bits per heavy atom. The Balaban J connectivity index is 1.74. The van der Waals surface area contributed by atoms with Gasteiger partial charge in [0.1, 0.15) is 5.82 Å². The van der Waals surface area contributed by atoms with E-state index in [0.29, 0.717) is 24.6 Å². The van der Waals surface area contributed by atoms with Crippen molar-refractivity contribution in [1.29, 1.82) is 0 Å². The molecule has 0 amide bonds. The van der Waals surface area contributed by atoms with Crippen molar-refractivity contribution in [3.63, 3.8) is 0 Å². The van der Waals surface area contributed by atoms with Crippen molar-refractivity contribution in [2.75, 3.05) is 13.1 Å². The van der Waals surface area contributed by atoms with Crippen molar-refractivity contribution in [1.82, 2.24) is 4.31 Å². The third-order valence-electron chi connectivity index (χ3n) is 4.16. The van der Waals surface area contributed by atoms with Gasteiger partial charge < -0.3 is 0 Å². The number of hydrogen-bond donors (Lipinski definition) is 0. The van der Waals surface area contributed by atoms with Gasteiger partial charge in [-0.3, -0.25) is 0 Å². The number of halogens is 1. The monoisotopic (exact) mass is 269 g/mol. The van der Waals surface area contributed by atoms with Crippen LogP contribution in [0.1, 0.15) is 18.9 Å². The van der Waals surface area contributed by atoms with Crippen LogP contribution in [0.15, 0.2) is 24.3 Å². The van der Waals surface area contributed by atoms with Gasteiger partial charge in [-0.1, -0.05) is 19.1 Å². The van der Waals surface area contributed by atoms with E-state index in [1.165, 1.54) is 24.3 Å². The zero-order chi connectivity index (χ0) is 13.0. The molecule has 0 radical (unpaired) electrons. The molecular weight excluding hydrogens is 253 g/mol. The predicted molar refractivity (Wildman–Crippen MR) is 66.8 cm³/mol. The molecule has 3 rings (SSSR count). The first-order valence-electron chi connectivity index (χ1n) is 6.11. The third-order valence-corrected chi connectivity index (χ3v) is 5.92. The molecule has 0 aromatic heterocycles. The molecule has 1 aromatic carbocycles. The molecule has 0 spiro atoms. The first-order chi connectivity index (χ1) is 8.39. The summed E-state index contributed by atoms with van der Waals surface area (Å²) >= 11 is 0. The number of benzene rings is 1. The van der Waals surface area contributed by atoms with Gasteiger partial charge in [0.2, 0.25) is 10.0 Å². The van der Waals surface area contributed by atoms with Crippen LogP contribution < -0.4 is 0 Å². The van der Waals surface area contributed by atoms with Crippen LogP contribution >= 0.6 is 0 Å². The molecule has 1 aliphatic heterocycles. The third kappa shape index (κ3) is 2.06. The molecule has 2 unspecified atom stereocenters. The fourth-order valence-corrected chi connectivity index (χ4v) is 4.49. The number of sulfonamides is 1. The molecular formula is C13H16FNO2S. The molecule has 0 bridgehead atoms. The van der Waals surface area contributed by atoms with Gasteiger partial charge in [0.05, 0.1) is 5.75 Å². The molecule has 5 heteroatoms. The lowest BCUT2D eigenvalue weighted by atomic mass is 10.1. The van der Waals surface area contributed by atoms with Crippen molar-refractivity contribution < 1.29 is 12.8 Å². The highest BCUT2D eigenvalue weighted by atomic mass is 32.2. The average molecular weight is 269 g/mol. The molecule has 1 saturated carbocycles. The molecule has 1 saturated heterocycles. The lowest BCUT2D eigenvalue weighted by Crippen LogP contribution is -2.32. The summed E-state index contributed by atoms with van der Waals surface area (Å²) in [6.45, 7) is 3.44. The van der Waals surface area contributed by atoms with Crippen LogP contribution in [0.25, 0.3) is 0 Å². The Bertz CT molecular complexity index is 569. The second-order valence-electron chi connectivity index (χ2n) is 5.73. The van der Waals surface area contributed by atoms with Gasteiger partial charge in [-0.15, -0.1) is 0 Å². The highest BCUT2D eigenvalue weighted by Crippen LogP contribution is 2.57. The molecule has 18 heavy (non-hydrogen) atoms. The molecule has 1 aromatic rings. The molecule has 2 aliphatic rings. The van der Waals surface area contributed by atoms with Crippen LogP contribution in [0.3, 0.4) is 0 Å². The number of piperidine rings is 1. The summed E-state index contributed by atoms with van der Waals surface area (Å²) in [4.78, 5) is 0. The van der Waals surface area contributed by atoms with Crippen LogP contribution in [-0.4, -0.2) is 25.8 Å². The standard InChI is InChI=1S/C13H16FNO2S/c1-13-6-11(13)7-15(9-13)18(16,17)8-10-2-4-12(14)5-3-10/h2-5,11H,6-9H2,1H3. The van der Waals surface area contributed by atoms with Crippen molar-refractivity contribution in [3.8, 4) is 0 Å².